The van der Waals surface area contributed by atoms with Gasteiger partial charge in [0.1, 0.15) is 12.4 Å². The van der Waals surface area contributed by atoms with Crippen LogP contribution >= 0.6 is 23.2 Å². The van der Waals surface area contributed by atoms with Gasteiger partial charge in [0.15, 0.2) is 0 Å². The van der Waals surface area contributed by atoms with Crippen LogP contribution in [0.15, 0.2) is 18.2 Å². The van der Waals surface area contributed by atoms with Gasteiger partial charge in [-0.15, -0.1) is 0 Å². The zero-order valence-electron chi connectivity index (χ0n) is 11.5. The lowest BCUT2D eigenvalue weighted by molar-refractivity contribution is 0.189. The fraction of sp³-hybridized carbons (Fsp3) is 0.357. The van der Waals surface area contributed by atoms with Gasteiger partial charge in [0, 0.05) is 17.6 Å². The van der Waals surface area contributed by atoms with Gasteiger partial charge >= 0.3 is 0 Å². The van der Waals surface area contributed by atoms with Crippen molar-refractivity contribution in [2.75, 3.05) is 0 Å². The van der Waals surface area contributed by atoms with Crippen molar-refractivity contribution in [2.45, 2.75) is 26.6 Å². The van der Waals surface area contributed by atoms with Crippen molar-refractivity contribution in [1.82, 2.24) is 9.78 Å². The van der Waals surface area contributed by atoms with Gasteiger partial charge in [0.25, 0.3) is 0 Å². The fourth-order valence-corrected chi connectivity index (χ4v) is 2.36. The van der Waals surface area contributed by atoms with Crippen molar-refractivity contribution >= 4 is 23.2 Å². The van der Waals surface area contributed by atoms with Crippen LogP contribution < -0.4 is 4.74 Å². The predicted octanol–water partition coefficient (Wildman–Crippen LogP) is 3.67. The number of benzene rings is 1. The third kappa shape index (κ3) is 3.08. The quantitative estimate of drug-likeness (QED) is 0.936. The summed E-state index contributed by atoms with van der Waals surface area (Å²) < 4.78 is 7.44. The van der Waals surface area contributed by atoms with Gasteiger partial charge < -0.3 is 9.84 Å². The molecule has 0 saturated carbocycles. The number of hydrogen-bond acceptors (Lipinski definition) is 3. The maximum Gasteiger partial charge on any atom is 0.131 e. The number of halogens is 2. The topological polar surface area (TPSA) is 47.3 Å². The molecule has 1 aromatic carbocycles. The summed E-state index contributed by atoms with van der Waals surface area (Å²) in [6, 6.07) is 5.15. The van der Waals surface area contributed by atoms with Crippen LogP contribution in [0.25, 0.3) is 0 Å². The summed E-state index contributed by atoms with van der Waals surface area (Å²) in [5.41, 5.74) is 2.20. The third-order valence-corrected chi connectivity index (χ3v) is 3.77. The Kier molecular flexibility index (Phi) is 4.58. The number of ether oxygens (including phenoxy) is 1. The highest BCUT2D eigenvalue weighted by molar-refractivity contribution is 6.31. The van der Waals surface area contributed by atoms with Crippen molar-refractivity contribution in [1.29, 1.82) is 0 Å². The molecular weight excluding hydrogens is 299 g/mol. The highest BCUT2D eigenvalue weighted by Crippen LogP contribution is 2.29. The largest absolute Gasteiger partial charge is 0.487 e. The molecule has 0 spiro atoms. The van der Waals surface area contributed by atoms with Crippen LogP contribution in [0.2, 0.25) is 10.0 Å². The van der Waals surface area contributed by atoms with E-state index in [0.717, 1.165) is 11.4 Å². The van der Waals surface area contributed by atoms with E-state index in [1.807, 2.05) is 14.0 Å². The first kappa shape index (κ1) is 15.2. The van der Waals surface area contributed by atoms with E-state index in [1.54, 1.807) is 29.8 Å². The van der Waals surface area contributed by atoms with Crippen LogP contribution in [0.1, 0.15) is 30.0 Å². The Labute approximate surface area is 127 Å². The van der Waals surface area contributed by atoms with Crippen molar-refractivity contribution in [3.05, 3.63) is 45.2 Å². The van der Waals surface area contributed by atoms with Crippen molar-refractivity contribution < 1.29 is 9.84 Å². The van der Waals surface area contributed by atoms with Gasteiger partial charge in [0.2, 0.25) is 0 Å². The normalized spacial score (nSPS) is 12.5. The van der Waals surface area contributed by atoms with Crippen molar-refractivity contribution in [3.63, 3.8) is 0 Å². The van der Waals surface area contributed by atoms with Gasteiger partial charge in [-0.05, 0) is 32.0 Å². The lowest BCUT2D eigenvalue weighted by Crippen LogP contribution is -2.05. The minimum absolute atomic E-state index is 0.275. The molecule has 108 valence electrons. The van der Waals surface area contributed by atoms with Crippen LogP contribution in [-0.2, 0) is 13.7 Å². The summed E-state index contributed by atoms with van der Waals surface area (Å²) in [6.45, 7) is 3.78. The summed E-state index contributed by atoms with van der Waals surface area (Å²) in [5, 5.41) is 15.1. The van der Waals surface area contributed by atoms with E-state index >= 15 is 0 Å². The van der Waals surface area contributed by atoms with Crippen LogP contribution in [-0.4, -0.2) is 14.9 Å². The molecule has 1 N–H and O–H groups in total. The lowest BCUT2D eigenvalue weighted by atomic mass is 10.1. The highest BCUT2D eigenvalue weighted by Gasteiger charge is 2.14. The molecule has 6 heteroatoms. The zero-order chi connectivity index (χ0) is 14.9. The van der Waals surface area contributed by atoms with E-state index in [1.165, 1.54) is 0 Å². The number of aliphatic hydroxyl groups excluding tert-OH is 1. The number of hydrogen-bond donors (Lipinski definition) is 1. The average molecular weight is 315 g/mol. The summed E-state index contributed by atoms with van der Waals surface area (Å²) in [4.78, 5) is 0. The van der Waals surface area contributed by atoms with Crippen LogP contribution in [0.3, 0.4) is 0 Å². The minimum Gasteiger partial charge on any atom is -0.487 e. The molecule has 1 atom stereocenters. The maximum atomic E-state index is 9.76. The number of aromatic nitrogens is 2. The molecular formula is C14H16Cl2N2O2. The van der Waals surface area contributed by atoms with Gasteiger partial charge in [0.05, 0.1) is 22.5 Å². The smallest absolute Gasteiger partial charge is 0.131 e. The van der Waals surface area contributed by atoms with E-state index in [2.05, 4.69) is 5.10 Å². The summed E-state index contributed by atoms with van der Waals surface area (Å²) in [6.07, 6.45) is -0.660. The summed E-state index contributed by atoms with van der Waals surface area (Å²) in [7, 11) is 1.81. The van der Waals surface area contributed by atoms with E-state index in [-0.39, 0.29) is 6.61 Å². The average Bonchev–Trinajstić information content (AvgIpc) is 2.62. The molecule has 2 aromatic rings. The zero-order valence-corrected chi connectivity index (χ0v) is 13.0. The number of nitrogens with zero attached hydrogens (tertiary/aromatic N) is 2. The SMILES string of the molecule is Cc1nn(C)c(COc2ccc(Cl)cc2C(C)O)c1Cl. The Morgan fingerprint density at radius 2 is 2.10 bits per heavy atom. The first-order valence-electron chi connectivity index (χ1n) is 6.18. The molecule has 0 aliphatic carbocycles. The Bertz CT molecular complexity index is 624. The number of aryl methyl sites for hydroxylation is 2. The third-order valence-electron chi connectivity index (χ3n) is 3.05. The van der Waals surface area contributed by atoms with Gasteiger partial charge in [-0.3, -0.25) is 4.68 Å². The molecule has 0 amide bonds. The summed E-state index contributed by atoms with van der Waals surface area (Å²) >= 11 is 12.1. The van der Waals surface area contributed by atoms with Crippen LogP contribution in [0, 0.1) is 6.92 Å². The molecule has 2 rings (SSSR count). The van der Waals surface area contributed by atoms with Gasteiger partial charge in [-0.1, -0.05) is 23.2 Å². The maximum absolute atomic E-state index is 9.76. The molecule has 0 radical (unpaired) electrons. The van der Waals surface area contributed by atoms with Gasteiger partial charge in [-0.25, -0.2) is 0 Å². The van der Waals surface area contributed by atoms with Crippen LogP contribution in [0.5, 0.6) is 5.75 Å². The lowest BCUT2D eigenvalue weighted by Gasteiger charge is -2.14. The molecule has 0 aliphatic rings. The molecule has 20 heavy (non-hydrogen) atoms. The Balaban J connectivity index is 2.23. The highest BCUT2D eigenvalue weighted by atomic mass is 35.5. The molecule has 0 saturated heterocycles. The molecule has 1 unspecified atom stereocenters. The van der Waals surface area contributed by atoms with Crippen molar-refractivity contribution in [2.24, 2.45) is 7.05 Å². The first-order chi connectivity index (χ1) is 9.40. The number of aliphatic hydroxyl groups is 1. The first-order valence-corrected chi connectivity index (χ1v) is 6.94. The molecule has 0 fully saturated rings. The summed E-state index contributed by atoms with van der Waals surface area (Å²) in [5.74, 6) is 0.583. The fourth-order valence-electron chi connectivity index (χ4n) is 1.96. The van der Waals surface area contributed by atoms with E-state index in [9.17, 15) is 5.11 Å². The second-order valence-corrected chi connectivity index (χ2v) is 5.43. The monoisotopic (exact) mass is 314 g/mol. The Hall–Kier alpha value is -1.23. The second-order valence-electron chi connectivity index (χ2n) is 4.62. The molecule has 4 nitrogen and oxygen atoms in total. The van der Waals surface area contributed by atoms with E-state index in [4.69, 9.17) is 27.9 Å². The Morgan fingerprint density at radius 3 is 2.65 bits per heavy atom. The predicted molar refractivity (Wildman–Crippen MR) is 79.4 cm³/mol. The molecule has 0 aliphatic heterocycles. The molecule has 1 aromatic heterocycles. The molecule has 0 bridgehead atoms. The standard InChI is InChI=1S/C14H16Cl2N2O2/c1-8-14(16)12(18(3)17-8)7-20-13-5-4-10(15)6-11(13)9(2)19/h4-6,9,19H,7H2,1-3H3. The molecule has 1 heterocycles. The van der Waals surface area contributed by atoms with Gasteiger partial charge in [-0.2, -0.15) is 5.10 Å². The Morgan fingerprint density at radius 1 is 1.40 bits per heavy atom. The minimum atomic E-state index is -0.660. The van der Waals surface area contributed by atoms with Crippen LogP contribution in [0.4, 0.5) is 0 Å². The second kappa shape index (κ2) is 6.04. The van der Waals surface area contributed by atoms with Crippen molar-refractivity contribution in [3.8, 4) is 5.75 Å². The van der Waals surface area contributed by atoms with E-state index in [0.29, 0.717) is 21.4 Å². The number of rotatable bonds is 4. The van der Waals surface area contributed by atoms with E-state index < -0.39 is 6.10 Å².